The Morgan fingerprint density at radius 1 is 1.17 bits per heavy atom. The Hall–Kier alpha value is -2.39. The second kappa shape index (κ2) is 9.61. The summed E-state index contributed by atoms with van der Waals surface area (Å²) in [4.78, 5) is 25.1. The molecule has 162 valence electrons. The Labute approximate surface area is 180 Å². The first-order valence-corrected chi connectivity index (χ1v) is 12.5. The fraction of sp³-hybridized carbons (Fsp3) is 0.429. The molecule has 0 aliphatic carbocycles. The van der Waals surface area contributed by atoms with Crippen LogP contribution >= 0.6 is 11.3 Å². The molecule has 3 rings (SSSR count). The van der Waals surface area contributed by atoms with E-state index >= 15 is 0 Å². The molecule has 9 heteroatoms. The van der Waals surface area contributed by atoms with Crippen LogP contribution in [0.5, 0.6) is 5.75 Å². The van der Waals surface area contributed by atoms with Crippen LogP contribution in [0.4, 0.5) is 5.00 Å². The van der Waals surface area contributed by atoms with Crippen molar-refractivity contribution in [2.45, 2.75) is 26.7 Å². The van der Waals surface area contributed by atoms with Crippen molar-refractivity contribution in [2.24, 2.45) is 5.92 Å². The van der Waals surface area contributed by atoms with Gasteiger partial charge >= 0.3 is 5.97 Å². The number of anilines is 1. The van der Waals surface area contributed by atoms with Gasteiger partial charge in [-0.1, -0.05) is 12.1 Å². The first-order valence-electron chi connectivity index (χ1n) is 9.85. The molecule has 1 atom stereocenters. The zero-order chi connectivity index (χ0) is 21.7. The predicted molar refractivity (Wildman–Crippen MR) is 117 cm³/mol. The summed E-state index contributed by atoms with van der Waals surface area (Å²) in [5.74, 6) is -0.114. The third-order valence-electron chi connectivity index (χ3n) is 4.80. The maximum atomic E-state index is 12.6. The van der Waals surface area contributed by atoms with E-state index in [2.05, 4.69) is 5.32 Å². The van der Waals surface area contributed by atoms with Gasteiger partial charge in [0.05, 0.1) is 24.7 Å². The topological polar surface area (TPSA) is 98.8 Å². The van der Waals surface area contributed by atoms with Crippen LogP contribution in [0.2, 0.25) is 0 Å². The molecular formula is C21H25NO6S2. The zero-order valence-corrected chi connectivity index (χ0v) is 18.6. The van der Waals surface area contributed by atoms with Crippen molar-refractivity contribution in [2.75, 3.05) is 30.0 Å². The van der Waals surface area contributed by atoms with Crippen LogP contribution in [0.15, 0.2) is 29.6 Å². The van der Waals surface area contributed by atoms with Crippen molar-refractivity contribution in [3.63, 3.8) is 0 Å². The molecule has 2 heterocycles. The first kappa shape index (κ1) is 22.3. The van der Waals surface area contributed by atoms with Gasteiger partial charge in [-0.25, -0.2) is 13.2 Å². The Kier molecular flexibility index (Phi) is 7.14. The van der Waals surface area contributed by atoms with Gasteiger partial charge in [0, 0.05) is 17.4 Å². The van der Waals surface area contributed by atoms with Crippen molar-refractivity contribution >= 4 is 38.1 Å². The maximum absolute atomic E-state index is 12.6. The van der Waals surface area contributed by atoms with Crippen molar-refractivity contribution in [1.82, 2.24) is 0 Å². The molecule has 1 amide bonds. The molecule has 1 saturated heterocycles. The first-order chi connectivity index (χ1) is 14.3. The predicted octanol–water partition coefficient (Wildman–Crippen LogP) is 3.75. The van der Waals surface area contributed by atoms with Crippen LogP contribution in [0.3, 0.4) is 0 Å². The lowest BCUT2D eigenvalue weighted by Crippen LogP contribution is -2.18. The number of carbonyl (C=O) groups is 2. The highest BCUT2D eigenvalue weighted by Crippen LogP contribution is 2.37. The van der Waals surface area contributed by atoms with Crippen LogP contribution in [0.1, 0.15) is 37.0 Å². The number of rotatable bonds is 8. The molecular weight excluding hydrogens is 426 g/mol. The van der Waals surface area contributed by atoms with Gasteiger partial charge in [0.15, 0.2) is 9.84 Å². The molecule has 1 unspecified atom stereocenters. The Morgan fingerprint density at radius 2 is 1.90 bits per heavy atom. The normalized spacial score (nSPS) is 17.5. The highest BCUT2D eigenvalue weighted by atomic mass is 32.2. The third-order valence-corrected chi connectivity index (χ3v) is 7.53. The lowest BCUT2D eigenvalue weighted by molar-refractivity contribution is -0.116. The number of hydrogen-bond acceptors (Lipinski definition) is 7. The SMILES string of the molecule is CCOC(=O)c1c(-c2ccc(OCC)cc2)csc1NC(=O)CC1CCS(=O)(=O)C1. The van der Waals surface area contributed by atoms with Crippen molar-refractivity contribution in [1.29, 1.82) is 0 Å². The lowest BCUT2D eigenvalue weighted by atomic mass is 10.0. The number of amides is 1. The summed E-state index contributed by atoms with van der Waals surface area (Å²) >= 11 is 1.24. The minimum atomic E-state index is -3.04. The molecule has 1 aromatic heterocycles. The molecule has 30 heavy (non-hydrogen) atoms. The van der Waals surface area contributed by atoms with Crippen LogP contribution in [0, 0.1) is 5.92 Å². The van der Waals surface area contributed by atoms with E-state index in [-0.39, 0.29) is 36.4 Å². The average molecular weight is 452 g/mol. The van der Waals surface area contributed by atoms with Crippen LogP contribution < -0.4 is 10.1 Å². The summed E-state index contributed by atoms with van der Waals surface area (Å²) < 4.78 is 33.9. The largest absolute Gasteiger partial charge is 0.494 e. The molecule has 2 aromatic rings. The van der Waals surface area contributed by atoms with Crippen LogP contribution in [-0.4, -0.2) is 45.0 Å². The molecule has 0 bridgehead atoms. The molecule has 1 N–H and O–H groups in total. The van der Waals surface area contributed by atoms with Gasteiger partial charge < -0.3 is 14.8 Å². The minimum Gasteiger partial charge on any atom is -0.494 e. The molecule has 1 aromatic carbocycles. The molecule has 1 aliphatic heterocycles. The molecule has 1 aliphatic rings. The van der Waals surface area contributed by atoms with E-state index in [4.69, 9.17) is 9.47 Å². The third kappa shape index (κ3) is 5.40. The van der Waals surface area contributed by atoms with Crippen molar-refractivity contribution in [3.05, 3.63) is 35.2 Å². The summed E-state index contributed by atoms with van der Waals surface area (Å²) in [6, 6.07) is 7.35. The Bertz CT molecular complexity index is 1010. The van der Waals surface area contributed by atoms with Crippen LogP contribution in [0.25, 0.3) is 11.1 Å². The van der Waals surface area contributed by atoms with E-state index in [1.165, 1.54) is 11.3 Å². The van der Waals surface area contributed by atoms with Gasteiger partial charge in [-0.15, -0.1) is 11.3 Å². The van der Waals surface area contributed by atoms with Crippen molar-refractivity contribution < 1.29 is 27.5 Å². The summed E-state index contributed by atoms with van der Waals surface area (Å²) in [5, 5.41) is 4.99. The fourth-order valence-corrected chi connectivity index (χ4v) is 6.27. The van der Waals surface area contributed by atoms with Crippen LogP contribution in [-0.2, 0) is 19.4 Å². The van der Waals surface area contributed by atoms with Gasteiger partial charge in [-0.2, -0.15) is 0 Å². The zero-order valence-electron chi connectivity index (χ0n) is 17.0. The smallest absolute Gasteiger partial charge is 0.341 e. The van der Waals surface area contributed by atoms with Gasteiger partial charge in [0.1, 0.15) is 16.3 Å². The average Bonchev–Trinajstić information content (AvgIpc) is 3.25. The number of hydrogen-bond donors (Lipinski definition) is 1. The van der Waals surface area contributed by atoms with E-state index in [1.54, 1.807) is 12.3 Å². The van der Waals surface area contributed by atoms with Crippen molar-refractivity contribution in [3.8, 4) is 16.9 Å². The maximum Gasteiger partial charge on any atom is 0.341 e. The number of esters is 1. The number of nitrogens with one attached hydrogen (secondary N) is 1. The molecule has 0 spiro atoms. The minimum absolute atomic E-state index is 0.0347. The summed E-state index contributed by atoms with van der Waals surface area (Å²) in [6.45, 7) is 4.40. The van der Waals surface area contributed by atoms with E-state index in [0.717, 1.165) is 11.3 Å². The number of carbonyl (C=O) groups excluding carboxylic acids is 2. The molecule has 1 fully saturated rings. The van der Waals surface area contributed by atoms with E-state index in [1.807, 2.05) is 31.2 Å². The van der Waals surface area contributed by atoms with E-state index in [0.29, 0.717) is 29.2 Å². The molecule has 0 saturated carbocycles. The summed E-state index contributed by atoms with van der Waals surface area (Å²) in [6.07, 6.45) is 0.597. The Balaban J connectivity index is 1.82. The monoisotopic (exact) mass is 451 g/mol. The standard InChI is InChI=1S/C21H25NO6S2/c1-3-27-16-7-5-15(6-8-16)17-12-29-20(19(17)21(24)28-4-2)22-18(23)11-14-9-10-30(25,26)13-14/h5-8,12,14H,3-4,9-11,13H2,1-2H3,(H,22,23). The highest BCUT2D eigenvalue weighted by Gasteiger charge is 2.30. The number of sulfone groups is 1. The van der Waals surface area contributed by atoms with E-state index in [9.17, 15) is 18.0 Å². The molecule has 0 radical (unpaired) electrons. The highest BCUT2D eigenvalue weighted by molar-refractivity contribution is 7.91. The Morgan fingerprint density at radius 3 is 2.50 bits per heavy atom. The lowest BCUT2D eigenvalue weighted by Gasteiger charge is -2.11. The number of ether oxygens (including phenoxy) is 2. The van der Waals surface area contributed by atoms with Gasteiger partial charge in [-0.05, 0) is 43.9 Å². The summed E-state index contributed by atoms with van der Waals surface area (Å²) in [5.41, 5.74) is 1.78. The van der Waals surface area contributed by atoms with Gasteiger partial charge in [0.2, 0.25) is 5.91 Å². The summed E-state index contributed by atoms with van der Waals surface area (Å²) in [7, 11) is -3.04. The quantitative estimate of drug-likeness (QED) is 0.614. The van der Waals surface area contributed by atoms with Gasteiger partial charge in [-0.3, -0.25) is 4.79 Å². The van der Waals surface area contributed by atoms with Gasteiger partial charge in [0.25, 0.3) is 0 Å². The fourth-order valence-electron chi connectivity index (χ4n) is 3.44. The molecule has 7 nitrogen and oxygen atoms in total. The van der Waals surface area contributed by atoms with E-state index < -0.39 is 15.8 Å². The second-order valence-electron chi connectivity index (χ2n) is 7.05. The number of benzene rings is 1. The number of thiophene rings is 1. The second-order valence-corrected chi connectivity index (χ2v) is 10.2.